The van der Waals surface area contributed by atoms with Crippen molar-refractivity contribution in [1.82, 2.24) is 10.3 Å². The lowest BCUT2D eigenvalue weighted by atomic mass is 10.1. The van der Waals surface area contributed by atoms with Crippen LogP contribution in [0.2, 0.25) is 0 Å². The summed E-state index contributed by atoms with van der Waals surface area (Å²) in [6, 6.07) is 0. The second-order valence-corrected chi connectivity index (χ2v) is 7.03. The predicted octanol–water partition coefficient (Wildman–Crippen LogP) is 2.88. The minimum Gasteiger partial charge on any atom is -0.382 e. The normalized spacial score (nSPS) is 15.5. The van der Waals surface area contributed by atoms with E-state index in [-0.39, 0.29) is 5.91 Å². The molecular weight excluding hydrogens is 284 g/mol. The summed E-state index contributed by atoms with van der Waals surface area (Å²) < 4.78 is 0. The average Bonchev–Trinajstić information content (AvgIpc) is 2.86. The van der Waals surface area contributed by atoms with Crippen LogP contribution in [-0.2, 0) is 0 Å². The van der Waals surface area contributed by atoms with Crippen LogP contribution in [0.25, 0.3) is 0 Å². The van der Waals surface area contributed by atoms with Gasteiger partial charge in [0, 0.05) is 19.6 Å². The number of piperidine rings is 1. The Morgan fingerprint density at radius 2 is 2.10 bits per heavy atom. The Hall–Kier alpha value is -1.30. The van der Waals surface area contributed by atoms with Gasteiger partial charge in [0.25, 0.3) is 5.91 Å². The number of carbonyl (C=O) groups excluding carboxylic acids is 1. The molecule has 1 aromatic heterocycles. The van der Waals surface area contributed by atoms with E-state index in [0.29, 0.717) is 23.2 Å². The Morgan fingerprint density at radius 1 is 1.38 bits per heavy atom. The highest BCUT2D eigenvalue weighted by Crippen LogP contribution is 2.29. The van der Waals surface area contributed by atoms with Crippen molar-refractivity contribution in [1.29, 1.82) is 0 Å². The Morgan fingerprint density at radius 3 is 2.76 bits per heavy atom. The molecule has 0 saturated carbocycles. The molecule has 1 fully saturated rings. The van der Waals surface area contributed by atoms with Gasteiger partial charge in [0.1, 0.15) is 10.7 Å². The van der Waals surface area contributed by atoms with Gasteiger partial charge < -0.3 is 16.0 Å². The van der Waals surface area contributed by atoms with Crippen molar-refractivity contribution in [2.75, 3.05) is 30.3 Å². The van der Waals surface area contributed by atoms with E-state index in [9.17, 15) is 4.79 Å². The Kier molecular flexibility index (Phi) is 5.85. The van der Waals surface area contributed by atoms with Crippen LogP contribution in [0.15, 0.2) is 0 Å². The number of thiazole rings is 1. The summed E-state index contributed by atoms with van der Waals surface area (Å²) in [6.45, 7) is 7.11. The van der Waals surface area contributed by atoms with Crippen molar-refractivity contribution >= 4 is 28.2 Å². The zero-order valence-electron chi connectivity index (χ0n) is 13.0. The molecule has 0 spiro atoms. The van der Waals surface area contributed by atoms with E-state index in [1.54, 1.807) is 0 Å². The number of hydrogen-bond acceptors (Lipinski definition) is 5. The fourth-order valence-electron chi connectivity index (χ4n) is 2.50. The lowest BCUT2D eigenvalue weighted by Gasteiger charge is -2.25. The van der Waals surface area contributed by atoms with Gasteiger partial charge in [0.05, 0.1) is 0 Å². The molecule has 3 N–H and O–H groups in total. The fourth-order valence-corrected chi connectivity index (χ4v) is 3.45. The molecule has 0 aliphatic carbocycles. The van der Waals surface area contributed by atoms with Crippen LogP contribution >= 0.6 is 11.3 Å². The van der Waals surface area contributed by atoms with Crippen LogP contribution in [0.1, 0.15) is 55.6 Å². The number of amides is 1. The van der Waals surface area contributed by atoms with Gasteiger partial charge in [0.15, 0.2) is 5.13 Å². The number of aromatic nitrogens is 1. The third kappa shape index (κ3) is 4.59. The molecule has 2 heterocycles. The van der Waals surface area contributed by atoms with Gasteiger partial charge in [-0.1, -0.05) is 25.2 Å². The molecule has 1 aliphatic rings. The van der Waals surface area contributed by atoms with Crippen molar-refractivity contribution in [3.8, 4) is 0 Å². The van der Waals surface area contributed by atoms with E-state index in [1.807, 2.05) is 0 Å². The number of hydrogen-bond donors (Lipinski definition) is 2. The van der Waals surface area contributed by atoms with E-state index in [2.05, 4.69) is 29.0 Å². The summed E-state index contributed by atoms with van der Waals surface area (Å²) in [6.07, 6.45) is 5.78. The predicted molar refractivity (Wildman–Crippen MR) is 89.0 cm³/mol. The van der Waals surface area contributed by atoms with Crippen LogP contribution in [0, 0.1) is 5.92 Å². The SMILES string of the molecule is CC(C)CCCNC(=O)c1sc(N2CCCCC2)nc1N. The van der Waals surface area contributed by atoms with Crippen LogP contribution in [0.4, 0.5) is 10.9 Å². The fraction of sp³-hybridized carbons (Fsp3) is 0.733. The van der Waals surface area contributed by atoms with Crippen molar-refractivity contribution in [3.05, 3.63) is 4.88 Å². The van der Waals surface area contributed by atoms with Gasteiger partial charge in [0.2, 0.25) is 0 Å². The molecule has 1 saturated heterocycles. The molecule has 21 heavy (non-hydrogen) atoms. The lowest BCUT2D eigenvalue weighted by molar-refractivity contribution is 0.0957. The molecule has 0 bridgehead atoms. The van der Waals surface area contributed by atoms with Crippen LogP contribution in [0.5, 0.6) is 0 Å². The summed E-state index contributed by atoms with van der Waals surface area (Å²) in [5.41, 5.74) is 5.91. The zero-order chi connectivity index (χ0) is 15.2. The summed E-state index contributed by atoms with van der Waals surface area (Å²) in [4.78, 5) is 19.3. The standard InChI is InChI=1S/C15H26N4OS/c1-11(2)7-6-8-17-14(20)12-13(16)18-15(21-12)19-9-4-3-5-10-19/h11H,3-10,16H2,1-2H3,(H,17,20). The molecule has 1 aromatic rings. The summed E-state index contributed by atoms with van der Waals surface area (Å²) >= 11 is 1.42. The molecule has 6 heteroatoms. The number of nitrogens with two attached hydrogens (primary N) is 1. The second kappa shape index (κ2) is 7.64. The number of nitrogen functional groups attached to an aromatic ring is 1. The van der Waals surface area contributed by atoms with Gasteiger partial charge in [-0.2, -0.15) is 0 Å². The molecular formula is C15H26N4OS. The summed E-state index contributed by atoms with van der Waals surface area (Å²) in [5, 5.41) is 3.83. The quantitative estimate of drug-likeness (QED) is 0.793. The lowest BCUT2D eigenvalue weighted by Crippen LogP contribution is -2.29. The van der Waals surface area contributed by atoms with Gasteiger partial charge in [-0.15, -0.1) is 0 Å². The maximum absolute atomic E-state index is 12.2. The molecule has 0 atom stereocenters. The molecule has 5 nitrogen and oxygen atoms in total. The average molecular weight is 310 g/mol. The summed E-state index contributed by atoms with van der Waals surface area (Å²) in [5.74, 6) is 0.944. The molecule has 1 aliphatic heterocycles. The van der Waals surface area contributed by atoms with E-state index >= 15 is 0 Å². The zero-order valence-corrected chi connectivity index (χ0v) is 13.8. The molecule has 2 rings (SSSR count). The first kappa shape index (κ1) is 16.1. The van der Waals surface area contributed by atoms with E-state index in [4.69, 9.17) is 5.73 Å². The first-order valence-electron chi connectivity index (χ1n) is 7.87. The highest BCUT2D eigenvalue weighted by Gasteiger charge is 2.20. The monoisotopic (exact) mass is 310 g/mol. The third-order valence-electron chi connectivity index (χ3n) is 3.72. The topological polar surface area (TPSA) is 71.2 Å². The first-order chi connectivity index (χ1) is 10.1. The Bertz CT molecular complexity index is 466. The molecule has 118 valence electrons. The van der Waals surface area contributed by atoms with Gasteiger partial charge in [-0.3, -0.25) is 4.79 Å². The molecule has 0 aromatic carbocycles. The highest BCUT2D eigenvalue weighted by molar-refractivity contribution is 7.18. The number of rotatable bonds is 6. The van der Waals surface area contributed by atoms with Crippen LogP contribution in [-0.4, -0.2) is 30.5 Å². The van der Waals surface area contributed by atoms with Gasteiger partial charge in [-0.25, -0.2) is 4.98 Å². The minimum atomic E-state index is -0.0861. The Balaban J connectivity index is 1.90. The van der Waals surface area contributed by atoms with E-state index < -0.39 is 0 Å². The minimum absolute atomic E-state index is 0.0861. The molecule has 1 amide bonds. The highest BCUT2D eigenvalue weighted by atomic mass is 32.1. The maximum Gasteiger partial charge on any atom is 0.265 e. The largest absolute Gasteiger partial charge is 0.382 e. The van der Waals surface area contributed by atoms with Crippen molar-refractivity contribution < 1.29 is 4.79 Å². The number of anilines is 2. The van der Waals surface area contributed by atoms with Crippen molar-refractivity contribution in [2.24, 2.45) is 5.92 Å². The summed E-state index contributed by atoms with van der Waals surface area (Å²) in [7, 11) is 0. The molecule has 0 unspecified atom stereocenters. The number of nitrogens with one attached hydrogen (secondary N) is 1. The second-order valence-electron chi connectivity index (χ2n) is 6.05. The Labute approximate surface area is 130 Å². The van der Waals surface area contributed by atoms with Gasteiger partial charge >= 0.3 is 0 Å². The molecule has 0 radical (unpaired) electrons. The first-order valence-corrected chi connectivity index (χ1v) is 8.69. The maximum atomic E-state index is 12.2. The third-order valence-corrected chi connectivity index (χ3v) is 4.85. The number of carbonyl (C=O) groups is 1. The van der Waals surface area contributed by atoms with Crippen molar-refractivity contribution in [2.45, 2.75) is 46.0 Å². The van der Waals surface area contributed by atoms with Crippen LogP contribution < -0.4 is 16.0 Å². The van der Waals surface area contributed by atoms with E-state index in [0.717, 1.165) is 31.1 Å². The van der Waals surface area contributed by atoms with Crippen LogP contribution in [0.3, 0.4) is 0 Å². The smallest absolute Gasteiger partial charge is 0.265 e. The van der Waals surface area contributed by atoms with E-state index in [1.165, 1.54) is 30.6 Å². The van der Waals surface area contributed by atoms with Crippen molar-refractivity contribution in [3.63, 3.8) is 0 Å². The number of nitrogens with zero attached hydrogens (tertiary/aromatic N) is 2. The van der Waals surface area contributed by atoms with Gasteiger partial charge in [-0.05, 0) is 38.0 Å².